The molecule has 25 heteroatoms. The highest BCUT2D eigenvalue weighted by atomic mass is 32.2. The Hall–Kier alpha value is -8.13. The summed E-state index contributed by atoms with van der Waals surface area (Å²) in [6, 6.07) is 23.6. The van der Waals surface area contributed by atoms with Crippen LogP contribution in [0.2, 0.25) is 0 Å². The number of hydrogen-bond donors (Lipinski definition) is 6. The first-order valence-electron chi connectivity index (χ1n) is 30.2. The second kappa shape index (κ2) is 28.6. The molecule has 478 valence electrons. The largest absolute Gasteiger partial charge is 0.444 e. The van der Waals surface area contributed by atoms with Crippen LogP contribution in [0, 0.1) is 57.9 Å². The van der Waals surface area contributed by atoms with E-state index in [9.17, 15) is 28.0 Å². The van der Waals surface area contributed by atoms with Crippen molar-refractivity contribution in [1.82, 2.24) is 20.6 Å². The molecule has 0 radical (unpaired) electrons. The van der Waals surface area contributed by atoms with Gasteiger partial charge in [0.05, 0.1) is 27.7 Å². The molecule has 0 unspecified atom stereocenters. The van der Waals surface area contributed by atoms with Crippen LogP contribution in [0.15, 0.2) is 106 Å². The smallest absolute Gasteiger partial charge is 0.413 e. The lowest BCUT2D eigenvalue weighted by atomic mass is 9.69. The molecule has 5 aromatic rings. The van der Waals surface area contributed by atoms with E-state index >= 15 is 4.39 Å². The normalized spacial score (nSPS) is 23.3. The Morgan fingerprint density at radius 1 is 0.527 bits per heavy atom. The lowest BCUT2D eigenvalue weighted by molar-refractivity contribution is 0.0551. The molecular weight excluding hydrogens is 1220 g/mol. The summed E-state index contributed by atoms with van der Waals surface area (Å²) in [5.74, 6) is 0.869. The minimum Gasteiger partial charge on any atom is -0.444 e. The summed E-state index contributed by atoms with van der Waals surface area (Å²) in [5, 5.41) is 30.1. The predicted molar refractivity (Wildman–Crippen MR) is 351 cm³/mol. The van der Waals surface area contributed by atoms with Crippen molar-refractivity contribution in [1.29, 1.82) is 10.5 Å². The number of anilines is 3. The van der Waals surface area contributed by atoms with Crippen LogP contribution < -0.4 is 32.7 Å². The zero-order valence-corrected chi connectivity index (χ0v) is 54.0. The van der Waals surface area contributed by atoms with Crippen LogP contribution >= 0.6 is 35.3 Å². The fraction of sp³-hybridized carbons (Fsp3) is 0.439. The number of nitrogen functional groups attached to an aromatic ring is 1. The van der Waals surface area contributed by atoms with E-state index in [1.54, 1.807) is 45.0 Å². The Kier molecular flexibility index (Phi) is 21.1. The Morgan fingerprint density at radius 2 is 0.912 bits per heavy atom. The molecule has 19 nitrogen and oxygen atoms in total. The van der Waals surface area contributed by atoms with E-state index in [0.717, 1.165) is 82.1 Å². The zero-order valence-electron chi connectivity index (χ0n) is 51.6. The number of alkyl carbamates (subject to hydrolysis) is 2. The van der Waals surface area contributed by atoms with Crippen molar-refractivity contribution in [3.63, 3.8) is 0 Å². The van der Waals surface area contributed by atoms with Crippen LogP contribution in [0.5, 0.6) is 0 Å². The van der Waals surface area contributed by atoms with E-state index < -0.39 is 57.6 Å². The number of nitrogens with one attached hydrogen (secondary N) is 4. The molecule has 6 aliphatic rings. The van der Waals surface area contributed by atoms with Crippen molar-refractivity contribution in [2.75, 3.05) is 33.6 Å². The highest BCUT2D eigenvalue weighted by molar-refractivity contribution is 8.14. The highest BCUT2D eigenvalue weighted by Crippen LogP contribution is 2.53. The van der Waals surface area contributed by atoms with Crippen LogP contribution in [0.3, 0.4) is 0 Å². The summed E-state index contributed by atoms with van der Waals surface area (Å²) in [7, 11) is 0. The molecule has 0 bridgehead atoms. The second-order valence-corrected chi connectivity index (χ2v) is 28.3. The molecule has 0 saturated heterocycles. The fourth-order valence-corrected chi connectivity index (χ4v) is 15.9. The van der Waals surface area contributed by atoms with Crippen LogP contribution in [0.4, 0.5) is 39.8 Å². The van der Waals surface area contributed by atoms with Gasteiger partial charge in [-0.3, -0.25) is 35.2 Å². The summed E-state index contributed by atoms with van der Waals surface area (Å²) >= 11 is 4.45. The van der Waals surface area contributed by atoms with Crippen LogP contribution in [0.25, 0.3) is 0 Å². The van der Waals surface area contributed by atoms with E-state index in [4.69, 9.17) is 46.4 Å². The molecule has 11 rings (SSSR count). The molecule has 3 aliphatic carbocycles. The topological polar surface area (TPSA) is 297 Å². The lowest BCUT2D eigenvalue weighted by Crippen LogP contribution is -2.45. The number of pyridine rings is 2. The number of amides is 4. The van der Waals surface area contributed by atoms with Gasteiger partial charge in [0.1, 0.15) is 52.2 Å². The summed E-state index contributed by atoms with van der Waals surface area (Å²) in [6.45, 7) is 10.8. The Balaban J connectivity index is 0.000000164. The van der Waals surface area contributed by atoms with Gasteiger partial charge in [-0.2, -0.15) is 10.5 Å². The monoisotopic (exact) mass is 1300 g/mol. The number of aromatic nitrogens is 2. The molecule has 91 heavy (non-hydrogen) atoms. The molecule has 3 fully saturated rings. The van der Waals surface area contributed by atoms with Crippen LogP contribution in [0.1, 0.15) is 167 Å². The average molecular weight is 1300 g/mol. The van der Waals surface area contributed by atoms with Gasteiger partial charge in [0.25, 0.3) is 11.8 Å². The van der Waals surface area contributed by atoms with Gasteiger partial charge in [0, 0.05) is 63.4 Å². The van der Waals surface area contributed by atoms with E-state index in [1.807, 2.05) is 32.9 Å². The van der Waals surface area contributed by atoms with Gasteiger partial charge in [-0.1, -0.05) is 73.8 Å². The van der Waals surface area contributed by atoms with Gasteiger partial charge in [-0.05, 0) is 177 Å². The fourth-order valence-electron chi connectivity index (χ4n) is 12.5. The third kappa shape index (κ3) is 16.3. The summed E-state index contributed by atoms with van der Waals surface area (Å²) < 4.78 is 55.6. The Bertz CT molecular complexity index is 3740. The van der Waals surface area contributed by atoms with Gasteiger partial charge in [0.15, 0.2) is 15.5 Å². The van der Waals surface area contributed by atoms with Crippen molar-refractivity contribution in [3.8, 4) is 12.1 Å². The minimum absolute atomic E-state index is 0.0843. The van der Waals surface area contributed by atoms with Crippen LogP contribution in [-0.4, -0.2) is 77.9 Å². The predicted octanol–water partition coefficient (Wildman–Crippen LogP) is 13.6. The number of nitriles is 2. The molecule has 0 spiro atoms. The standard InChI is InChI=1S/C26H28FN5O3S.C21H20FN5OS.C19H26FN3O2S/c1-25(2,3)35-24(34)31-23-32-26(11-5-4-6-17(26)15-36-23)19-12-18(8-9-20(19)27)30-22(33)21-10-7-16(13-28)14-29-21;22-17-6-5-15(26-19(28)18-7-4-13(10-23)11-25-18)9-16(17)21-8-2-1-3-14(21)12-29-20(24)27-21;1-18(2,3)25-17(24)22-16-23-19(9-5-4-6-12(19)11-26-16)14-10-13(21)7-8-15(14)20/h7-10,12,14,17H,4-6,11,15H2,1-3H3,(H,30,33)(H,31,32,34);4-7,9,11,14H,1-3,8,12H2,(H2,24,27)(H,26,28);7-8,10,12H,4-6,9,11,21H2,1-3H3,(H,22,23,24)/t17-,26-;14-,21-;12-,19-/m000/s1. The molecule has 3 aliphatic heterocycles. The first-order valence-corrected chi connectivity index (χ1v) is 33.2. The van der Waals surface area contributed by atoms with Crippen molar-refractivity contribution in [3.05, 3.63) is 148 Å². The van der Waals surface area contributed by atoms with Crippen molar-refractivity contribution in [2.45, 2.75) is 146 Å². The number of nitrogens with zero attached hydrogens (tertiary/aromatic N) is 7. The average Bonchev–Trinajstić information content (AvgIpc) is 0.792. The number of carbonyl (C=O) groups excluding carboxylic acids is 4. The quantitative estimate of drug-likeness (QED) is 0.0826. The minimum atomic E-state index is -0.856. The number of benzene rings is 3. The van der Waals surface area contributed by atoms with Gasteiger partial charge in [-0.25, -0.2) is 32.7 Å². The third-order valence-electron chi connectivity index (χ3n) is 16.6. The van der Waals surface area contributed by atoms with E-state index in [-0.39, 0.29) is 40.8 Å². The van der Waals surface area contributed by atoms with E-state index in [2.05, 4.69) is 31.2 Å². The number of carbonyl (C=O) groups is 4. The summed E-state index contributed by atoms with van der Waals surface area (Å²) in [5.41, 5.74) is 12.4. The molecule has 3 saturated carbocycles. The Morgan fingerprint density at radius 3 is 1.30 bits per heavy atom. The molecule has 2 aromatic heterocycles. The molecule has 4 amide bonds. The number of rotatable bonds is 7. The summed E-state index contributed by atoms with van der Waals surface area (Å²) in [4.78, 5) is 72.2. The van der Waals surface area contributed by atoms with Gasteiger partial charge in [0.2, 0.25) is 0 Å². The molecular formula is C66H74F3N13O6S3. The van der Waals surface area contributed by atoms with Crippen LogP contribution in [-0.2, 0) is 26.1 Å². The maximum Gasteiger partial charge on any atom is 0.413 e. The van der Waals surface area contributed by atoms with E-state index in [0.29, 0.717) is 72.6 Å². The molecule has 8 N–H and O–H groups in total. The SMILES string of the molecule is CC(C)(C)OC(=O)NC1=N[C@@]2(c3cc(N)ccc3F)CCCC[C@H]2CS1.CC(C)(C)OC(=O)NC1=N[C@@]2(c3cc(NC(=O)c4ccc(C#N)cn4)ccc3F)CCCC[C@H]2CS1.N#Cc1ccc(C(=O)Nc2ccc(F)c([C@]34CCCC[C@H]3CSC(N)=N4)c2)nc1. The van der Waals surface area contributed by atoms with Gasteiger partial charge >= 0.3 is 12.2 Å². The van der Waals surface area contributed by atoms with Crippen molar-refractivity contribution in [2.24, 2.45) is 38.5 Å². The van der Waals surface area contributed by atoms with Crippen molar-refractivity contribution < 1.29 is 41.8 Å². The number of fused-ring (bicyclic) bond motifs is 3. The Labute approximate surface area is 540 Å². The van der Waals surface area contributed by atoms with Gasteiger partial charge < -0.3 is 31.6 Å². The van der Waals surface area contributed by atoms with Crippen molar-refractivity contribution >= 4 is 91.9 Å². The number of ether oxygens (including phenoxy) is 2. The number of halogens is 3. The second-order valence-electron chi connectivity index (χ2n) is 25.2. The number of amidine groups is 3. The number of hydrogen-bond acceptors (Lipinski definition) is 18. The highest BCUT2D eigenvalue weighted by Gasteiger charge is 2.49. The number of thioether (sulfide) groups is 3. The first-order chi connectivity index (χ1) is 43.3. The molecule has 5 heterocycles. The first kappa shape index (κ1) is 67.3. The maximum absolute atomic E-state index is 15.3. The maximum atomic E-state index is 15.3. The van der Waals surface area contributed by atoms with Gasteiger partial charge in [-0.15, -0.1) is 0 Å². The summed E-state index contributed by atoms with van der Waals surface area (Å²) in [6.07, 6.45) is 12.5. The molecule has 3 aromatic carbocycles. The number of aliphatic imine (C=N–C) groups is 3. The van der Waals surface area contributed by atoms with E-state index in [1.165, 1.54) is 102 Å². The molecule has 6 atom stereocenters. The number of nitrogens with two attached hydrogens (primary N) is 2. The zero-order chi connectivity index (χ0) is 65.3. The lowest BCUT2D eigenvalue weighted by Gasteiger charge is -2.44. The third-order valence-corrected chi connectivity index (χ3v) is 19.6.